The van der Waals surface area contributed by atoms with Crippen molar-refractivity contribution in [2.75, 3.05) is 18.3 Å². The van der Waals surface area contributed by atoms with E-state index in [2.05, 4.69) is 10.2 Å². The maximum absolute atomic E-state index is 13.4. The molecule has 0 bridgehead atoms. The van der Waals surface area contributed by atoms with E-state index in [9.17, 15) is 23.1 Å². The van der Waals surface area contributed by atoms with Gasteiger partial charge in [-0.1, -0.05) is 27.4 Å². The molecule has 1 aromatic heterocycles. The molecule has 1 fully saturated rings. The van der Waals surface area contributed by atoms with Crippen molar-refractivity contribution in [1.29, 1.82) is 0 Å². The number of piperidine rings is 1. The summed E-state index contributed by atoms with van der Waals surface area (Å²) in [4.78, 5) is 11.5. The van der Waals surface area contributed by atoms with Gasteiger partial charge in [-0.05, 0) is 36.1 Å². The Morgan fingerprint density at radius 3 is 3.00 bits per heavy atom. The number of halogens is 3. The summed E-state index contributed by atoms with van der Waals surface area (Å²) in [6.07, 6.45) is -19.1. The highest BCUT2D eigenvalue weighted by Crippen LogP contribution is 2.44. The number of hydrogen-bond donors (Lipinski definition) is 2. The van der Waals surface area contributed by atoms with Crippen LogP contribution in [0.1, 0.15) is 76.0 Å². The molecule has 2 heterocycles. The highest BCUT2D eigenvalue weighted by molar-refractivity contribution is 5.67. The Morgan fingerprint density at radius 1 is 1.65 bits per heavy atom. The minimum absolute atomic E-state index is 1.22. The Balaban J connectivity index is 3.63. The fourth-order valence-corrected chi connectivity index (χ4v) is 1.64. The van der Waals surface area contributed by atoms with E-state index in [0.29, 0.717) is 0 Å². The normalized spacial score (nSPS) is 48.2. The number of rotatable bonds is 3. The number of nitrogens with zero attached hydrogens (tertiary/aromatic N) is 3. The SMILES string of the molecule is [2H]c1c(N([2H])C([2H])([2H])[C@@]2(C(C([2H])[2H])(C([2H])([2H])[2H])C([2H])([2H])[2H])N(C(=O)O)C([2H])([2H])[C@@]([2H])(C([2H])([2H])[2H])C([2H])([2H])C2([2H])[2H])nnc(C(F)(F)F)c1[2H]. The van der Waals surface area contributed by atoms with Crippen molar-refractivity contribution in [3.63, 3.8) is 0 Å². The van der Waals surface area contributed by atoms with Crippen molar-refractivity contribution in [3.05, 3.63) is 17.8 Å². The molecule has 0 aromatic carbocycles. The summed E-state index contributed by atoms with van der Waals surface area (Å²) in [6, 6.07) is -3.96. The first-order valence-electron chi connectivity index (χ1n) is 17.9. The maximum Gasteiger partial charge on any atom is 0.435 e. The van der Waals surface area contributed by atoms with Gasteiger partial charge in [-0.2, -0.15) is 13.2 Å². The lowest BCUT2D eigenvalue weighted by atomic mass is 9.66. The molecule has 1 amide bonds. The van der Waals surface area contributed by atoms with Gasteiger partial charge in [0.1, 0.15) is 5.82 Å². The van der Waals surface area contributed by atoms with Crippen molar-refractivity contribution >= 4 is 11.9 Å². The van der Waals surface area contributed by atoms with Crippen LogP contribution in [0.15, 0.2) is 12.1 Å². The minimum atomic E-state index is -5.55. The van der Waals surface area contributed by atoms with E-state index in [1.165, 1.54) is 0 Å². The number of hydrogen-bond acceptors (Lipinski definition) is 4. The average molecular weight is 398 g/mol. The first-order chi connectivity index (χ1) is 21.2. The predicted octanol–water partition coefficient (Wildman–Crippen LogP) is 4.10. The monoisotopic (exact) mass is 397 g/mol. The van der Waals surface area contributed by atoms with Crippen molar-refractivity contribution in [2.24, 2.45) is 11.3 Å². The zero-order valence-electron chi connectivity index (χ0n) is 35.4. The lowest BCUT2D eigenvalue weighted by Gasteiger charge is -2.55. The van der Waals surface area contributed by atoms with E-state index in [0.717, 1.165) is 0 Å². The van der Waals surface area contributed by atoms with Crippen molar-refractivity contribution in [3.8, 4) is 0 Å². The number of alkyl halides is 3. The lowest BCUT2D eigenvalue weighted by molar-refractivity contribution is -0.141. The van der Waals surface area contributed by atoms with Crippen molar-refractivity contribution in [2.45, 2.75) is 51.9 Å². The second-order valence-corrected chi connectivity index (χ2v) is 4.72. The number of likely N-dealkylation sites (tertiary alicyclic amines) is 1. The van der Waals surface area contributed by atoms with E-state index in [-0.39, 0.29) is 0 Å². The van der Waals surface area contributed by atoms with Crippen molar-refractivity contribution in [1.82, 2.24) is 15.1 Å². The molecule has 1 aromatic rings. The smallest absolute Gasteiger partial charge is 0.435 e. The Labute approximate surface area is 183 Å². The fraction of sp³-hybridized carbons (Fsp3) is 0.706. The summed E-state index contributed by atoms with van der Waals surface area (Å²) in [6.45, 7) is -28.4. The molecule has 2 N–H and O–H groups in total. The predicted molar refractivity (Wildman–Crippen MR) is 90.8 cm³/mol. The van der Waals surface area contributed by atoms with Gasteiger partial charge in [0.2, 0.25) is 0 Å². The summed E-state index contributed by atoms with van der Waals surface area (Å²) < 4.78 is 231. The molecule has 0 radical (unpaired) electrons. The Bertz CT molecular complexity index is 1460. The number of aromatic nitrogens is 2. The largest absolute Gasteiger partial charge is 0.465 e. The molecule has 9 heteroatoms. The summed E-state index contributed by atoms with van der Waals surface area (Å²) in [5.74, 6) is -6.81. The fourth-order valence-electron chi connectivity index (χ4n) is 1.64. The standard InChI is InChI=1S/C17H25F3N4O2/c1-11-7-8-16(15(2,3)4,24(9-11)14(25)26)10-21-13-6-5-12(22-23-13)17(18,19)20/h5-6,11H,7-10H2,1-4H3,(H,21,23)(H,25,26)/t11-,16-/m0/s1/i1D3,2D2,3D3,4D3,5D,6D,7D2,8D2,9D2,10D2,11D/hD. The first-order valence-corrected chi connectivity index (χ1v) is 6.30. The molecule has 146 valence electrons. The van der Waals surface area contributed by atoms with Crippen LogP contribution in [0, 0.1) is 11.3 Å². The van der Waals surface area contributed by atoms with Gasteiger partial charge < -0.3 is 15.3 Å². The molecule has 0 unspecified atom stereocenters. The maximum atomic E-state index is 13.4. The average Bonchev–Trinajstić information content (AvgIpc) is 2.83. The third kappa shape index (κ3) is 4.02. The molecule has 6 nitrogen and oxygen atoms in total. The quantitative estimate of drug-likeness (QED) is 0.803. The third-order valence-electron chi connectivity index (χ3n) is 2.82. The topological polar surface area (TPSA) is 78.4 Å². The van der Waals surface area contributed by atoms with Gasteiger partial charge in [-0.3, -0.25) is 0 Å². The van der Waals surface area contributed by atoms with Gasteiger partial charge in [0.15, 0.2) is 7.11 Å². The van der Waals surface area contributed by atoms with E-state index in [1.54, 1.807) is 0 Å². The third-order valence-corrected chi connectivity index (χ3v) is 2.82. The first kappa shape index (κ1) is 5.48. The summed E-state index contributed by atoms with van der Waals surface area (Å²) in [7, 11) is 0. The molecule has 0 spiro atoms. The number of carboxylic acid groups (broad SMARTS) is 1. The van der Waals surface area contributed by atoms with Gasteiger partial charge in [0.05, 0.1) is 11.0 Å². The Kier molecular flexibility index (Phi) is 1.46. The summed E-state index contributed by atoms with van der Waals surface area (Å²) >= 11 is 0. The van der Waals surface area contributed by atoms with E-state index in [1.807, 2.05) is 0 Å². The zero-order valence-corrected chi connectivity index (χ0v) is 12.4. The molecule has 26 heavy (non-hydrogen) atoms. The number of amides is 1. The van der Waals surface area contributed by atoms with Crippen LogP contribution in [0.2, 0.25) is 1.41 Å². The van der Waals surface area contributed by atoms with Crippen LogP contribution in [0.5, 0.6) is 0 Å². The summed E-state index contributed by atoms with van der Waals surface area (Å²) in [5, 5.41) is 14.5. The number of nitrogens with one attached hydrogen (secondary N) is 1. The molecule has 1 saturated heterocycles. The molecular weight excluding hydrogens is 349 g/mol. The highest BCUT2D eigenvalue weighted by Gasteiger charge is 2.51. The Hall–Kier alpha value is -2.06. The van der Waals surface area contributed by atoms with Gasteiger partial charge in [0, 0.05) is 37.7 Å². The van der Waals surface area contributed by atoms with E-state index in [4.69, 9.17) is 31.6 Å². The van der Waals surface area contributed by atoms with Crippen LogP contribution in [0.25, 0.3) is 0 Å². The van der Waals surface area contributed by atoms with Crippen LogP contribution in [-0.2, 0) is 6.18 Å². The molecule has 1 aliphatic rings. The lowest BCUT2D eigenvalue weighted by Crippen LogP contribution is -2.65. The molecule has 2 atom stereocenters. The van der Waals surface area contributed by atoms with Gasteiger partial charge >= 0.3 is 12.3 Å². The second-order valence-electron chi connectivity index (χ2n) is 4.72. The number of carbonyl (C=O) groups is 1. The second kappa shape index (κ2) is 6.92. The molecule has 0 aliphatic carbocycles. The molecule has 0 saturated carbocycles. The van der Waals surface area contributed by atoms with E-state index < -0.39 is 116 Å². The summed E-state index contributed by atoms with van der Waals surface area (Å²) in [5.41, 5.74) is -12.9. The van der Waals surface area contributed by atoms with Gasteiger partial charge in [-0.25, -0.2) is 4.79 Å². The zero-order chi connectivity index (χ0) is 39.5. The number of anilines is 1. The molecular formula is C17H25F3N4O2. The van der Waals surface area contributed by atoms with Gasteiger partial charge in [0.25, 0.3) is 0 Å². The minimum Gasteiger partial charge on any atom is -0.465 e. The Morgan fingerprint density at radius 2 is 2.42 bits per heavy atom. The van der Waals surface area contributed by atoms with Crippen molar-refractivity contribution < 1.29 is 54.6 Å². The van der Waals surface area contributed by atoms with Crippen LogP contribution >= 0.6 is 0 Å². The van der Waals surface area contributed by atoms with Gasteiger partial charge in [-0.15, -0.1) is 10.2 Å². The van der Waals surface area contributed by atoms with Crippen LogP contribution < -0.4 is 5.31 Å². The highest BCUT2D eigenvalue weighted by atomic mass is 19.4. The van der Waals surface area contributed by atoms with Crippen LogP contribution in [0.3, 0.4) is 0 Å². The van der Waals surface area contributed by atoms with Crippen LogP contribution in [-0.4, -0.2) is 44.8 Å². The molecule has 1 aliphatic heterocycles. The molecule has 2 rings (SSSR count). The van der Waals surface area contributed by atoms with E-state index >= 15 is 0 Å². The van der Waals surface area contributed by atoms with Crippen LogP contribution in [0.4, 0.5) is 23.8 Å².